The summed E-state index contributed by atoms with van der Waals surface area (Å²) in [5.74, 6) is 1.60. The van der Waals surface area contributed by atoms with Crippen LogP contribution < -0.4 is 10.1 Å². The van der Waals surface area contributed by atoms with Crippen LogP contribution in [0.2, 0.25) is 0 Å². The smallest absolute Gasteiger partial charge is 0.213 e. The highest BCUT2D eigenvalue weighted by Gasteiger charge is 2.08. The number of hydrogen-bond acceptors (Lipinski definition) is 4. The fourth-order valence-electron chi connectivity index (χ4n) is 2.15. The number of rotatable bonds is 7. The van der Waals surface area contributed by atoms with Gasteiger partial charge in [0.25, 0.3) is 0 Å². The summed E-state index contributed by atoms with van der Waals surface area (Å²) in [5.41, 5.74) is 0.470. The van der Waals surface area contributed by atoms with Crippen LogP contribution in [0.3, 0.4) is 0 Å². The summed E-state index contributed by atoms with van der Waals surface area (Å²) in [6, 6.07) is 15.7. The number of nitrogens with one attached hydrogen (secondary N) is 1. The van der Waals surface area contributed by atoms with E-state index in [-0.39, 0.29) is 18.2 Å². The summed E-state index contributed by atoms with van der Waals surface area (Å²) < 4.78 is 24.8. The van der Waals surface area contributed by atoms with Crippen LogP contribution in [-0.2, 0) is 6.54 Å². The lowest BCUT2D eigenvalue weighted by atomic mass is 10.1. The van der Waals surface area contributed by atoms with Gasteiger partial charge in [0.05, 0.1) is 12.1 Å². The van der Waals surface area contributed by atoms with Crippen LogP contribution in [0.15, 0.2) is 65.2 Å². The van der Waals surface area contributed by atoms with Crippen LogP contribution >= 0.6 is 12.4 Å². The number of furan rings is 1. The number of aromatic nitrogens is 1. The molecule has 0 fully saturated rings. The van der Waals surface area contributed by atoms with E-state index in [2.05, 4.69) is 10.3 Å². The molecular formula is C18H18ClFN2O2. The maximum absolute atomic E-state index is 13.7. The second-order valence-electron chi connectivity index (χ2n) is 4.94. The zero-order chi connectivity index (χ0) is 15.9. The van der Waals surface area contributed by atoms with Gasteiger partial charge in [-0.25, -0.2) is 9.37 Å². The molecule has 0 saturated heterocycles. The molecule has 4 nitrogen and oxygen atoms in total. The lowest BCUT2D eigenvalue weighted by molar-refractivity contribution is 0.300. The molecule has 2 heterocycles. The third kappa shape index (κ3) is 4.81. The van der Waals surface area contributed by atoms with Gasteiger partial charge >= 0.3 is 0 Å². The first-order valence-corrected chi connectivity index (χ1v) is 7.41. The molecule has 1 N–H and O–H groups in total. The maximum atomic E-state index is 13.7. The highest BCUT2D eigenvalue weighted by atomic mass is 35.5. The van der Waals surface area contributed by atoms with Crippen LogP contribution in [0.25, 0.3) is 11.3 Å². The molecule has 126 valence electrons. The van der Waals surface area contributed by atoms with Crippen molar-refractivity contribution in [2.75, 3.05) is 13.2 Å². The van der Waals surface area contributed by atoms with Gasteiger partial charge in [0.1, 0.15) is 23.9 Å². The number of pyridine rings is 1. The molecule has 0 unspecified atom stereocenters. The van der Waals surface area contributed by atoms with Gasteiger partial charge in [-0.2, -0.15) is 0 Å². The number of halogens is 2. The molecule has 0 aliphatic heterocycles. The number of benzene rings is 1. The highest BCUT2D eigenvalue weighted by Crippen LogP contribution is 2.24. The molecule has 0 amide bonds. The minimum absolute atomic E-state index is 0. The van der Waals surface area contributed by atoms with E-state index in [4.69, 9.17) is 9.15 Å². The topological polar surface area (TPSA) is 47.3 Å². The predicted octanol–water partition coefficient (Wildman–Crippen LogP) is 4.07. The molecule has 6 heteroatoms. The Bertz CT molecular complexity index is 750. The first-order valence-electron chi connectivity index (χ1n) is 7.41. The molecule has 0 atom stereocenters. The van der Waals surface area contributed by atoms with Crippen LogP contribution in [0.1, 0.15) is 5.76 Å². The Labute approximate surface area is 146 Å². The van der Waals surface area contributed by atoms with E-state index < -0.39 is 0 Å². The van der Waals surface area contributed by atoms with Crippen LogP contribution in [0.4, 0.5) is 4.39 Å². The summed E-state index contributed by atoms with van der Waals surface area (Å²) in [4.78, 5) is 4.08. The molecular weight excluding hydrogens is 331 g/mol. The van der Waals surface area contributed by atoms with E-state index in [1.54, 1.807) is 30.5 Å². The molecule has 0 spiro atoms. The van der Waals surface area contributed by atoms with E-state index in [1.165, 1.54) is 6.07 Å². The minimum atomic E-state index is -0.287. The fraction of sp³-hybridized carbons (Fsp3) is 0.167. The minimum Gasteiger partial charge on any atom is -0.476 e. The average Bonchev–Trinajstić information content (AvgIpc) is 3.04. The van der Waals surface area contributed by atoms with Gasteiger partial charge in [-0.05, 0) is 30.3 Å². The summed E-state index contributed by atoms with van der Waals surface area (Å²) >= 11 is 0. The molecule has 1 aromatic carbocycles. The third-order valence-electron chi connectivity index (χ3n) is 3.27. The first kappa shape index (κ1) is 18.0. The van der Waals surface area contributed by atoms with Crippen molar-refractivity contribution in [2.45, 2.75) is 6.54 Å². The van der Waals surface area contributed by atoms with E-state index in [9.17, 15) is 4.39 Å². The van der Waals surface area contributed by atoms with Gasteiger partial charge in [0.2, 0.25) is 5.88 Å². The Morgan fingerprint density at radius 2 is 1.88 bits per heavy atom. The monoisotopic (exact) mass is 348 g/mol. The van der Waals surface area contributed by atoms with Gasteiger partial charge in [-0.3, -0.25) is 0 Å². The summed E-state index contributed by atoms with van der Waals surface area (Å²) in [6.45, 7) is 1.73. The van der Waals surface area contributed by atoms with E-state index in [0.29, 0.717) is 36.9 Å². The van der Waals surface area contributed by atoms with Crippen LogP contribution in [0.5, 0.6) is 5.88 Å². The van der Waals surface area contributed by atoms with Crippen molar-refractivity contribution in [2.24, 2.45) is 0 Å². The van der Waals surface area contributed by atoms with Crippen molar-refractivity contribution in [1.82, 2.24) is 10.3 Å². The number of nitrogens with zero attached hydrogens (tertiary/aromatic N) is 1. The number of ether oxygens (including phenoxy) is 1. The van der Waals surface area contributed by atoms with Crippen molar-refractivity contribution in [3.63, 3.8) is 0 Å². The second kappa shape index (κ2) is 9.05. The summed E-state index contributed by atoms with van der Waals surface area (Å²) in [5, 5.41) is 3.21. The lowest BCUT2D eigenvalue weighted by Gasteiger charge is -2.05. The predicted molar refractivity (Wildman–Crippen MR) is 92.8 cm³/mol. The largest absolute Gasteiger partial charge is 0.476 e. The van der Waals surface area contributed by atoms with E-state index in [0.717, 1.165) is 5.76 Å². The molecule has 0 bridgehead atoms. The van der Waals surface area contributed by atoms with Crippen molar-refractivity contribution < 1.29 is 13.5 Å². The van der Waals surface area contributed by atoms with Gasteiger partial charge in [-0.15, -0.1) is 12.4 Å². The second-order valence-corrected chi connectivity index (χ2v) is 4.94. The van der Waals surface area contributed by atoms with Gasteiger partial charge < -0.3 is 14.5 Å². The Morgan fingerprint density at radius 1 is 1.04 bits per heavy atom. The Morgan fingerprint density at radius 3 is 2.67 bits per heavy atom. The molecule has 0 radical (unpaired) electrons. The van der Waals surface area contributed by atoms with Crippen LogP contribution in [0, 0.1) is 5.82 Å². The van der Waals surface area contributed by atoms with E-state index in [1.807, 2.05) is 24.3 Å². The zero-order valence-electron chi connectivity index (χ0n) is 12.9. The van der Waals surface area contributed by atoms with Crippen molar-refractivity contribution in [3.8, 4) is 17.2 Å². The SMILES string of the molecule is Cl.Fc1ccccc1-c1ccc(CNCCOc2ccccn2)o1. The van der Waals surface area contributed by atoms with Gasteiger partial charge in [0, 0.05) is 18.8 Å². The quantitative estimate of drug-likeness (QED) is 0.654. The maximum Gasteiger partial charge on any atom is 0.213 e. The summed E-state index contributed by atoms with van der Waals surface area (Å²) in [6.07, 6.45) is 1.69. The van der Waals surface area contributed by atoms with Crippen LogP contribution in [-0.4, -0.2) is 18.1 Å². The molecule has 2 aromatic heterocycles. The Hall–Kier alpha value is -2.37. The molecule has 0 aliphatic carbocycles. The van der Waals surface area contributed by atoms with E-state index >= 15 is 0 Å². The molecule has 3 aromatic rings. The van der Waals surface area contributed by atoms with Crippen molar-refractivity contribution in [3.05, 3.63) is 72.4 Å². The first-order chi connectivity index (χ1) is 11.3. The molecule has 24 heavy (non-hydrogen) atoms. The fourth-order valence-corrected chi connectivity index (χ4v) is 2.15. The highest BCUT2D eigenvalue weighted by molar-refractivity contribution is 5.85. The average molecular weight is 349 g/mol. The van der Waals surface area contributed by atoms with Crippen molar-refractivity contribution >= 4 is 12.4 Å². The molecule has 0 saturated carbocycles. The Balaban J connectivity index is 0.00000208. The molecule has 0 aliphatic rings. The van der Waals surface area contributed by atoms with Gasteiger partial charge in [-0.1, -0.05) is 18.2 Å². The zero-order valence-corrected chi connectivity index (χ0v) is 13.8. The van der Waals surface area contributed by atoms with Gasteiger partial charge in [0.15, 0.2) is 0 Å². The third-order valence-corrected chi connectivity index (χ3v) is 3.27. The number of hydrogen-bond donors (Lipinski definition) is 1. The molecule has 3 rings (SSSR count). The normalized spacial score (nSPS) is 10.2. The summed E-state index contributed by atoms with van der Waals surface area (Å²) in [7, 11) is 0. The Kier molecular flexibility index (Phi) is 6.78. The standard InChI is InChI=1S/C18H17FN2O2.ClH/c19-16-6-2-1-5-15(16)17-9-8-14(23-17)13-20-11-12-22-18-7-3-4-10-21-18;/h1-10,20H,11-13H2;1H. The van der Waals surface area contributed by atoms with Crippen molar-refractivity contribution in [1.29, 1.82) is 0 Å². The lowest BCUT2D eigenvalue weighted by Crippen LogP contribution is -2.20.